The monoisotopic (exact) mass is 417 g/mol. The van der Waals surface area contributed by atoms with Gasteiger partial charge in [-0.15, -0.1) is 11.3 Å². The van der Waals surface area contributed by atoms with Crippen molar-refractivity contribution in [3.63, 3.8) is 0 Å². The average Bonchev–Trinajstić information content (AvgIpc) is 3.21. The third-order valence-corrected chi connectivity index (χ3v) is 5.52. The third-order valence-electron chi connectivity index (χ3n) is 4.51. The number of aryl methyl sites for hydroxylation is 1. The van der Waals surface area contributed by atoms with Crippen LogP contribution in [-0.2, 0) is 17.5 Å². The molecular weight excluding hydrogens is 399 g/mol. The third kappa shape index (κ3) is 4.61. The van der Waals surface area contributed by atoms with Crippen LogP contribution in [0, 0.1) is 6.92 Å². The first kappa shape index (κ1) is 20.1. The average molecular weight is 417 g/mol. The van der Waals surface area contributed by atoms with Gasteiger partial charge in [-0.05, 0) is 25.8 Å². The summed E-state index contributed by atoms with van der Waals surface area (Å²) in [5.74, 6) is 0.105. The molecule has 2 aromatic heterocycles. The van der Waals surface area contributed by atoms with Crippen molar-refractivity contribution in [2.75, 3.05) is 18.4 Å². The van der Waals surface area contributed by atoms with Crippen LogP contribution in [0.4, 0.5) is 23.8 Å². The summed E-state index contributed by atoms with van der Waals surface area (Å²) >= 11 is 1.36. The van der Waals surface area contributed by atoms with Gasteiger partial charge < -0.3 is 10.0 Å². The molecule has 28 heavy (non-hydrogen) atoms. The number of thiazole rings is 1. The summed E-state index contributed by atoms with van der Waals surface area (Å²) in [6, 6.07) is 0.921. The van der Waals surface area contributed by atoms with Gasteiger partial charge in [0.05, 0.1) is 5.01 Å². The van der Waals surface area contributed by atoms with Crippen LogP contribution in [0.5, 0.6) is 0 Å². The number of carbonyl (C=O) groups excluding carboxylic acids is 1. The number of likely N-dealkylation sites (tertiary alicyclic amines) is 1. The Morgan fingerprint density at radius 2 is 2.04 bits per heavy atom. The van der Waals surface area contributed by atoms with E-state index in [-0.39, 0.29) is 29.9 Å². The summed E-state index contributed by atoms with van der Waals surface area (Å²) in [6.45, 7) is 2.15. The van der Waals surface area contributed by atoms with E-state index >= 15 is 0 Å². The first-order valence-corrected chi connectivity index (χ1v) is 9.36. The predicted octanol–water partition coefficient (Wildman–Crippen LogP) is 3.16. The lowest BCUT2D eigenvalue weighted by Gasteiger charge is -2.31. The molecule has 0 radical (unpaired) electrons. The highest BCUT2D eigenvalue weighted by Crippen LogP contribution is 2.32. The summed E-state index contributed by atoms with van der Waals surface area (Å²) in [6.07, 6.45) is -4.42. The summed E-state index contributed by atoms with van der Waals surface area (Å²) in [5, 5.41) is 16.8. The highest BCUT2D eigenvalue weighted by atomic mass is 32.1. The maximum atomic E-state index is 12.7. The fourth-order valence-corrected chi connectivity index (χ4v) is 3.98. The molecule has 0 unspecified atom stereocenters. The number of hydrogen-bond acceptors (Lipinski definition) is 5. The molecule has 0 bridgehead atoms. The minimum Gasteiger partial charge on any atom is -0.465 e. The number of amides is 2. The number of halogens is 3. The van der Waals surface area contributed by atoms with Gasteiger partial charge >= 0.3 is 12.3 Å². The fraction of sp³-hybridized carbons (Fsp3) is 0.500. The fourth-order valence-electron chi connectivity index (χ4n) is 3.05. The van der Waals surface area contributed by atoms with Gasteiger partial charge in [0.2, 0.25) is 5.91 Å². The van der Waals surface area contributed by atoms with E-state index in [1.54, 1.807) is 10.3 Å². The second-order valence-corrected chi connectivity index (χ2v) is 7.37. The number of hydrogen-bond donors (Lipinski definition) is 2. The van der Waals surface area contributed by atoms with Gasteiger partial charge in [-0.25, -0.2) is 9.78 Å². The number of carboxylic acid groups (broad SMARTS) is 1. The van der Waals surface area contributed by atoms with Crippen molar-refractivity contribution in [2.24, 2.45) is 0 Å². The van der Waals surface area contributed by atoms with Gasteiger partial charge in [0.25, 0.3) is 0 Å². The Morgan fingerprint density at radius 1 is 1.36 bits per heavy atom. The number of rotatable bonds is 4. The molecule has 1 aliphatic heterocycles. The van der Waals surface area contributed by atoms with E-state index in [1.165, 1.54) is 18.3 Å². The van der Waals surface area contributed by atoms with Gasteiger partial charge in [0.15, 0.2) is 5.69 Å². The zero-order chi connectivity index (χ0) is 20.5. The largest absolute Gasteiger partial charge is 0.465 e. The molecule has 152 valence electrons. The van der Waals surface area contributed by atoms with Crippen LogP contribution in [0.15, 0.2) is 11.4 Å². The van der Waals surface area contributed by atoms with Crippen LogP contribution < -0.4 is 5.32 Å². The van der Waals surface area contributed by atoms with Gasteiger partial charge in [-0.1, -0.05) is 0 Å². The van der Waals surface area contributed by atoms with Crippen molar-refractivity contribution in [2.45, 2.75) is 38.4 Å². The molecule has 0 aromatic carbocycles. The van der Waals surface area contributed by atoms with E-state index in [0.29, 0.717) is 25.9 Å². The molecule has 0 atom stereocenters. The Kier molecular flexibility index (Phi) is 5.59. The molecule has 0 aliphatic carbocycles. The molecule has 2 amide bonds. The number of aromatic nitrogens is 3. The van der Waals surface area contributed by atoms with E-state index in [1.807, 2.05) is 0 Å². The van der Waals surface area contributed by atoms with Gasteiger partial charge in [-0.2, -0.15) is 18.3 Å². The molecule has 8 nitrogen and oxygen atoms in total. The SMILES string of the molecule is Cc1cc(C(F)(F)F)nn1CC(=O)N1CCC(c2nc(NC(=O)O)cs2)CC1. The number of piperidine rings is 1. The minimum atomic E-state index is -4.54. The Hall–Kier alpha value is -2.63. The van der Waals surface area contributed by atoms with Crippen molar-refractivity contribution in [1.82, 2.24) is 19.7 Å². The molecule has 0 spiro atoms. The lowest BCUT2D eigenvalue weighted by atomic mass is 9.97. The molecule has 3 heterocycles. The predicted molar refractivity (Wildman–Crippen MR) is 94.3 cm³/mol. The van der Waals surface area contributed by atoms with Crippen LogP contribution in [0.1, 0.15) is 35.2 Å². The van der Waals surface area contributed by atoms with Crippen molar-refractivity contribution in [1.29, 1.82) is 0 Å². The lowest BCUT2D eigenvalue weighted by Crippen LogP contribution is -2.40. The number of carbonyl (C=O) groups is 2. The summed E-state index contributed by atoms with van der Waals surface area (Å²) in [7, 11) is 0. The van der Waals surface area contributed by atoms with Crippen LogP contribution in [0.25, 0.3) is 0 Å². The van der Waals surface area contributed by atoms with Crippen LogP contribution in [0.3, 0.4) is 0 Å². The van der Waals surface area contributed by atoms with Crippen molar-refractivity contribution < 1.29 is 27.9 Å². The lowest BCUT2D eigenvalue weighted by molar-refractivity contribution is -0.142. The van der Waals surface area contributed by atoms with Crippen molar-refractivity contribution in [3.05, 3.63) is 27.8 Å². The first-order valence-electron chi connectivity index (χ1n) is 8.48. The summed E-state index contributed by atoms with van der Waals surface area (Å²) in [4.78, 5) is 28.9. The van der Waals surface area contributed by atoms with E-state index in [4.69, 9.17) is 5.11 Å². The van der Waals surface area contributed by atoms with Crippen molar-refractivity contribution >= 4 is 29.2 Å². The van der Waals surface area contributed by atoms with Crippen LogP contribution in [0.2, 0.25) is 0 Å². The molecule has 1 saturated heterocycles. The number of anilines is 1. The maximum absolute atomic E-state index is 12.7. The molecule has 1 fully saturated rings. The topological polar surface area (TPSA) is 100 Å². The molecule has 2 aromatic rings. The molecule has 1 aliphatic rings. The maximum Gasteiger partial charge on any atom is 0.435 e. The van der Waals surface area contributed by atoms with E-state index in [0.717, 1.165) is 15.8 Å². The Bertz CT molecular complexity index is 871. The van der Waals surface area contributed by atoms with E-state index in [2.05, 4.69) is 15.4 Å². The Morgan fingerprint density at radius 3 is 2.61 bits per heavy atom. The Labute approximate surface area is 162 Å². The molecule has 12 heteroatoms. The highest BCUT2D eigenvalue weighted by Gasteiger charge is 2.35. The molecule has 3 rings (SSSR count). The molecule has 0 saturated carbocycles. The first-order chi connectivity index (χ1) is 13.1. The minimum absolute atomic E-state index is 0.113. The zero-order valence-electron chi connectivity index (χ0n) is 14.9. The highest BCUT2D eigenvalue weighted by molar-refractivity contribution is 7.10. The second-order valence-electron chi connectivity index (χ2n) is 6.48. The van der Waals surface area contributed by atoms with Crippen LogP contribution >= 0.6 is 11.3 Å². The number of nitrogens with zero attached hydrogens (tertiary/aromatic N) is 4. The zero-order valence-corrected chi connectivity index (χ0v) is 15.7. The van der Waals surface area contributed by atoms with E-state index in [9.17, 15) is 22.8 Å². The summed E-state index contributed by atoms with van der Waals surface area (Å²) in [5.41, 5.74) is -0.733. The van der Waals surface area contributed by atoms with Gasteiger partial charge in [0, 0.05) is 30.1 Å². The quantitative estimate of drug-likeness (QED) is 0.796. The van der Waals surface area contributed by atoms with E-state index < -0.39 is 18.0 Å². The van der Waals surface area contributed by atoms with Crippen molar-refractivity contribution in [3.8, 4) is 0 Å². The smallest absolute Gasteiger partial charge is 0.435 e. The second kappa shape index (κ2) is 7.78. The molecular formula is C16H18F3N5O3S. The normalized spacial score (nSPS) is 15.6. The van der Waals surface area contributed by atoms with Gasteiger partial charge in [-0.3, -0.25) is 14.8 Å². The van der Waals surface area contributed by atoms with Crippen LogP contribution in [-0.4, -0.2) is 49.9 Å². The number of alkyl halides is 3. The number of nitrogens with one attached hydrogen (secondary N) is 1. The Balaban J connectivity index is 1.56. The standard InChI is InChI=1S/C16H18F3N5O3S/c1-9-6-11(16(17,18)19)22-24(9)7-13(25)23-4-2-10(3-5-23)14-20-12(8-28-14)21-15(26)27/h6,8,10,21H,2-5,7H2,1H3,(H,26,27). The summed E-state index contributed by atoms with van der Waals surface area (Å²) < 4.78 is 39.3. The molecule has 2 N–H and O–H groups in total. The van der Waals surface area contributed by atoms with Gasteiger partial charge in [0.1, 0.15) is 12.4 Å².